The number of para-hydroxylation sites is 1. The molecule has 0 aliphatic heterocycles. The van der Waals surface area contributed by atoms with Gasteiger partial charge in [0.25, 0.3) is 5.91 Å². The van der Waals surface area contributed by atoms with Gasteiger partial charge in [-0.15, -0.1) is 11.3 Å². The first kappa shape index (κ1) is 18.9. The quantitative estimate of drug-likeness (QED) is 0.470. The van der Waals surface area contributed by atoms with Gasteiger partial charge in [0.1, 0.15) is 10.8 Å². The number of aromatic nitrogens is 1. The number of thiazole rings is 1. The second kappa shape index (κ2) is 8.71. The molecular weight excluding hydrogens is 380 g/mol. The third kappa shape index (κ3) is 4.36. The van der Waals surface area contributed by atoms with Crippen LogP contribution in [0.25, 0.3) is 21.8 Å². The van der Waals surface area contributed by atoms with Crippen LogP contribution in [-0.4, -0.2) is 18.0 Å². The van der Waals surface area contributed by atoms with Gasteiger partial charge in [-0.2, -0.15) is 0 Å². The zero-order valence-corrected chi connectivity index (χ0v) is 16.8. The fourth-order valence-electron chi connectivity index (χ4n) is 3.07. The third-order valence-corrected chi connectivity index (χ3v) is 5.44. The number of nitrogens with zero attached hydrogens (tertiary/aromatic N) is 1. The molecule has 4 nitrogen and oxygen atoms in total. The first-order valence-corrected chi connectivity index (χ1v) is 10.1. The predicted octanol–water partition coefficient (Wildman–Crippen LogP) is 5.42. The summed E-state index contributed by atoms with van der Waals surface area (Å²) in [7, 11) is 1.56. The molecule has 5 heteroatoms. The van der Waals surface area contributed by atoms with E-state index in [0.717, 1.165) is 27.4 Å². The Hall–Kier alpha value is -3.44. The van der Waals surface area contributed by atoms with Gasteiger partial charge in [-0.3, -0.25) is 4.79 Å². The molecule has 0 saturated carbocycles. The molecule has 0 unspecified atom stereocenters. The highest BCUT2D eigenvalue weighted by Gasteiger charge is 2.12. The molecule has 0 spiro atoms. The van der Waals surface area contributed by atoms with Crippen LogP contribution in [-0.2, 0) is 6.54 Å². The lowest BCUT2D eigenvalue weighted by Crippen LogP contribution is -2.23. The summed E-state index contributed by atoms with van der Waals surface area (Å²) < 4.78 is 5.27. The average Bonchev–Trinajstić information content (AvgIpc) is 3.29. The molecule has 0 atom stereocenters. The van der Waals surface area contributed by atoms with Gasteiger partial charge in [0.05, 0.1) is 18.4 Å². The van der Waals surface area contributed by atoms with Crippen molar-refractivity contribution in [2.24, 2.45) is 0 Å². The fourth-order valence-corrected chi connectivity index (χ4v) is 3.90. The molecule has 0 saturated heterocycles. The number of rotatable bonds is 6. The minimum absolute atomic E-state index is 0.159. The largest absolute Gasteiger partial charge is 0.496 e. The van der Waals surface area contributed by atoms with Gasteiger partial charge >= 0.3 is 0 Å². The monoisotopic (exact) mass is 400 g/mol. The van der Waals surface area contributed by atoms with E-state index in [-0.39, 0.29) is 5.91 Å². The summed E-state index contributed by atoms with van der Waals surface area (Å²) in [4.78, 5) is 17.3. The van der Waals surface area contributed by atoms with E-state index in [2.05, 4.69) is 28.9 Å². The van der Waals surface area contributed by atoms with Gasteiger partial charge in [-0.25, -0.2) is 4.98 Å². The van der Waals surface area contributed by atoms with Gasteiger partial charge in [0.2, 0.25) is 0 Å². The number of carbonyl (C=O) groups is 1. The van der Waals surface area contributed by atoms with Crippen LogP contribution in [0.5, 0.6) is 5.75 Å². The molecule has 1 N–H and O–H groups in total. The highest BCUT2D eigenvalue weighted by molar-refractivity contribution is 7.13. The predicted molar refractivity (Wildman–Crippen MR) is 117 cm³/mol. The molecule has 0 aliphatic carbocycles. The standard InChI is InChI=1S/C24H20N2O2S/c1-28-22-13-6-5-12-20(22)23(27)25-15-17-8-7-11-19(14-17)24-26-21(16-29-24)18-9-3-2-4-10-18/h2-14,16H,15H2,1H3,(H,25,27). The van der Waals surface area contributed by atoms with Gasteiger partial charge in [0, 0.05) is 23.1 Å². The van der Waals surface area contributed by atoms with E-state index < -0.39 is 0 Å². The van der Waals surface area contributed by atoms with E-state index in [1.807, 2.05) is 48.5 Å². The van der Waals surface area contributed by atoms with E-state index in [9.17, 15) is 4.79 Å². The van der Waals surface area contributed by atoms with E-state index in [1.54, 1.807) is 30.6 Å². The van der Waals surface area contributed by atoms with Crippen LogP contribution in [0.2, 0.25) is 0 Å². The maximum absolute atomic E-state index is 12.5. The van der Waals surface area contributed by atoms with Crippen molar-refractivity contribution in [1.82, 2.24) is 10.3 Å². The molecule has 4 rings (SSSR count). The topological polar surface area (TPSA) is 51.2 Å². The van der Waals surface area contributed by atoms with Crippen LogP contribution in [0.3, 0.4) is 0 Å². The number of amides is 1. The van der Waals surface area contributed by atoms with Crippen LogP contribution in [0, 0.1) is 0 Å². The molecular formula is C24H20N2O2S. The molecule has 1 aromatic heterocycles. The van der Waals surface area contributed by atoms with E-state index >= 15 is 0 Å². The minimum Gasteiger partial charge on any atom is -0.496 e. The summed E-state index contributed by atoms with van der Waals surface area (Å²) in [6, 6.07) is 25.4. The van der Waals surface area contributed by atoms with E-state index in [4.69, 9.17) is 9.72 Å². The number of hydrogen-bond donors (Lipinski definition) is 1. The van der Waals surface area contributed by atoms with Crippen molar-refractivity contribution in [2.45, 2.75) is 6.54 Å². The lowest BCUT2D eigenvalue weighted by Gasteiger charge is -2.09. The summed E-state index contributed by atoms with van der Waals surface area (Å²) in [6.07, 6.45) is 0. The van der Waals surface area contributed by atoms with Crippen molar-refractivity contribution in [1.29, 1.82) is 0 Å². The average molecular weight is 401 g/mol. The van der Waals surface area contributed by atoms with Gasteiger partial charge in [0.15, 0.2) is 0 Å². The minimum atomic E-state index is -0.159. The number of nitrogens with one attached hydrogen (secondary N) is 1. The second-order valence-corrected chi connectivity index (χ2v) is 7.35. The zero-order chi connectivity index (χ0) is 20.1. The Balaban J connectivity index is 1.48. The van der Waals surface area contributed by atoms with Crippen LogP contribution in [0.15, 0.2) is 84.2 Å². The Labute approximate surface area is 173 Å². The van der Waals surface area contributed by atoms with Crippen molar-refractivity contribution in [3.63, 3.8) is 0 Å². The maximum atomic E-state index is 12.5. The molecule has 0 aliphatic rings. The van der Waals surface area contributed by atoms with Crippen molar-refractivity contribution in [3.8, 4) is 27.6 Å². The molecule has 0 bridgehead atoms. The van der Waals surface area contributed by atoms with Crippen molar-refractivity contribution >= 4 is 17.2 Å². The zero-order valence-electron chi connectivity index (χ0n) is 16.0. The van der Waals surface area contributed by atoms with E-state index in [1.165, 1.54) is 0 Å². The molecule has 1 heterocycles. The lowest BCUT2D eigenvalue weighted by molar-refractivity contribution is 0.0948. The summed E-state index contributed by atoms with van der Waals surface area (Å²) in [5, 5.41) is 5.99. The van der Waals surface area contributed by atoms with Crippen LogP contribution in [0.1, 0.15) is 15.9 Å². The summed E-state index contributed by atoms with van der Waals surface area (Å²) in [5.41, 5.74) is 4.66. The van der Waals surface area contributed by atoms with E-state index in [0.29, 0.717) is 17.9 Å². The van der Waals surface area contributed by atoms with Crippen LogP contribution < -0.4 is 10.1 Å². The Bertz CT molecular complexity index is 1120. The van der Waals surface area contributed by atoms with Crippen LogP contribution >= 0.6 is 11.3 Å². The molecule has 144 valence electrons. The number of ether oxygens (including phenoxy) is 1. The number of carbonyl (C=O) groups excluding carboxylic acids is 1. The molecule has 29 heavy (non-hydrogen) atoms. The molecule has 1 amide bonds. The van der Waals surface area contributed by atoms with Gasteiger partial charge in [-0.05, 0) is 23.8 Å². The molecule has 0 fully saturated rings. The fraction of sp³-hybridized carbons (Fsp3) is 0.0833. The van der Waals surface area contributed by atoms with Gasteiger partial charge in [-0.1, -0.05) is 60.7 Å². The summed E-state index contributed by atoms with van der Waals surface area (Å²) in [5.74, 6) is 0.406. The molecule has 0 radical (unpaired) electrons. The summed E-state index contributed by atoms with van der Waals surface area (Å²) in [6.45, 7) is 0.432. The van der Waals surface area contributed by atoms with Gasteiger partial charge < -0.3 is 10.1 Å². The number of benzene rings is 3. The first-order chi connectivity index (χ1) is 14.2. The number of methoxy groups -OCH3 is 1. The Morgan fingerprint density at radius 3 is 2.55 bits per heavy atom. The SMILES string of the molecule is COc1ccccc1C(=O)NCc1cccc(-c2nc(-c3ccccc3)cs2)c1. The highest BCUT2D eigenvalue weighted by Crippen LogP contribution is 2.29. The molecule has 4 aromatic rings. The van der Waals surface area contributed by atoms with Crippen molar-refractivity contribution in [2.75, 3.05) is 7.11 Å². The molecule has 3 aromatic carbocycles. The normalized spacial score (nSPS) is 10.5. The van der Waals surface area contributed by atoms with Crippen molar-refractivity contribution in [3.05, 3.63) is 95.4 Å². The summed E-state index contributed by atoms with van der Waals surface area (Å²) >= 11 is 1.62. The lowest BCUT2D eigenvalue weighted by atomic mass is 10.1. The highest BCUT2D eigenvalue weighted by atomic mass is 32.1. The Morgan fingerprint density at radius 2 is 1.72 bits per heavy atom. The third-order valence-electron chi connectivity index (χ3n) is 4.55. The second-order valence-electron chi connectivity index (χ2n) is 6.49. The van der Waals surface area contributed by atoms with Crippen LogP contribution in [0.4, 0.5) is 0 Å². The Morgan fingerprint density at radius 1 is 0.966 bits per heavy atom. The number of hydrogen-bond acceptors (Lipinski definition) is 4. The van der Waals surface area contributed by atoms with Crippen molar-refractivity contribution < 1.29 is 9.53 Å². The first-order valence-electron chi connectivity index (χ1n) is 9.26. The maximum Gasteiger partial charge on any atom is 0.255 e. The smallest absolute Gasteiger partial charge is 0.255 e. The Kier molecular flexibility index (Phi) is 5.68.